The van der Waals surface area contributed by atoms with E-state index in [2.05, 4.69) is 16.0 Å². The lowest BCUT2D eigenvalue weighted by atomic mass is 9.97. The number of nitriles is 1. The largest absolute Gasteiger partial charge is 0.496 e. The van der Waals surface area contributed by atoms with E-state index in [1.165, 1.54) is 0 Å². The molecule has 0 saturated heterocycles. The average molecular weight is 269 g/mol. The summed E-state index contributed by atoms with van der Waals surface area (Å²) in [6.45, 7) is 6.05. The molecule has 0 radical (unpaired) electrons. The molecule has 20 heavy (non-hydrogen) atoms. The first kappa shape index (κ1) is 14.1. The Kier molecular flexibility index (Phi) is 4.09. The third-order valence-electron chi connectivity index (χ3n) is 3.40. The molecule has 4 heteroatoms. The second-order valence-electron chi connectivity index (χ2n) is 5.22. The van der Waals surface area contributed by atoms with Crippen LogP contribution in [-0.4, -0.2) is 17.1 Å². The topological polar surface area (TPSA) is 61.7 Å². The number of aromatic nitrogens is 2. The molecule has 0 amide bonds. The zero-order chi connectivity index (χ0) is 14.7. The summed E-state index contributed by atoms with van der Waals surface area (Å²) in [6.07, 6.45) is 1.78. The lowest BCUT2D eigenvalue weighted by Crippen LogP contribution is -2.05. The summed E-state index contributed by atoms with van der Waals surface area (Å²) in [5.74, 6) is 1.62. The first-order valence-electron chi connectivity index (χ1n) is 6.66. The molecule has 0 aliphatic carbocycles. The van der Waals surface area contributed by atoms with Gasteiger partial charge in [-0.05, 0) is 36.6 Å². The molecule has 104 valence electrons. The van der Waals surface area contributed by atoms with Crippen LogP contribution in [0.5, 0.6) is 5.75 Å². The molecule has 1 N–H and O–H groups in total. The molecule has 0 saturated carbocycles. The number of rotatable bonds is 4. The van der Waals surface area contributed by atoms with Crippen molar-refractivity contribution in [1.82, 2.24) is 9.97 Å². The zero-order valence-corrected chi connectivity index (χ0v) is 12.3. The highest BCUT2D eigenvalue weighted by atomic mass is 16.5. The number of nitrogens with one attached hydrogen (secondary N) is 1. The molecule has 4 nitrogen and oxygen atoms in total. The van der Waals surface area contributed by atoms with Gasteiger partial charge in [0.2, 0.25) is 0 Å². The molecule has 2 rings (SSSR count). The van der Waals surface area contributed by atoms with E-state index in [1.54, 1.807) is 13.3 Å². The van der Waals surface area contributed by atoms with Crippen molar-refractivity contribution in [2.45, 2.75) is 26.7 Å². The number of ether oxygens (including phenoxy) is 1. The summed E-state index contributed by atoms with van der Waals surface area (Å²) >= 11 is 0. The van der Waals surface area contributed by atoms with Crippen molar-refractivity contribution in [3.63, 3.8) is 0 Å². The summed E-state index contributed by atoms with van der Waals surface area (Å²) in [7, 11) is 1.66. The minimum Gasteiger partial charge on any atom is -0.496 e. The molecule has 0 bridgehead atoms. The van der Waals surface area contributed by atoms with Crippen LogP contribution in [-0.2, 0) is 0 Å². The van der Waals surface area contributed by atoms with Gasteiger partial charge in [-0.25, -0.2) is 4.98 Å². The monoisotopic (exact) mass is 269 g/mol. The predicted octanol–water partition coefficient (Wildman–Crippen LogP) is 3.66. The summed E-state index contributed by atoms with van der Waals surface area (Å²) < 4.78 is 5.26. The SMILES string of the molecule is COc1ccc(-c2cnc(C(C#N)C(C)C)[nH]2)cc1C. The molecule has 0 aliphatic rings. The van der Waals surface area contributed by atoms with Crippen LogP contribution >= 0.6 is 0 Å². The predicted molar refractivity (Wildman–Crippen MR) is 78.5 cm³/mol. The van der Waals surface area contributed by atoms with Crippen molar-refractivity contribution in [2.75, 3.05) is 7.11 Å². The van der Waals surface area contributed by atoms with E-state index >= 15 is 0 Å². The smallest absolute Gasteiger partial charge is 0.124 e. The van der Waals surface area contributed by atoms with E-state index in [0.717, 1.165) is 28.4 Å². The van der Waals surface area contributed by atoms with Gasteiger partial charge in [0, 0.05) is 5.56 Å². The van der Waals surface area contributed by atoms with E-state index in [9.17, 15) is 5.26 Å². The second kappa shape index (κ2) is 5.79. The number of aromatic amines is 1. The van der Waals surface area contributed by atoms with Crippen LogP contribution in [0.4, 0.5) is 0 Å². The lowest BCUT2D eigenvalue weighted by Gasteiger charge is -2.09. The number of H-pyrrole nitrogens is 1. The Balaban J connectivity index is 2.34. The van der Waals surface area contributed by atoms with Crippen LogP contribution in [0.15, 0.2) is 24.4 Å². The maximum absolute atomic E-state index is 9.22. The van der Waals surface area contributed by atoms with Gasteiger partial charge in [-0.1, -0.05) is 13.8 Å². The van der Waals surface area contributed by atoms with E-state index < -0.39 is 0 Å². The van der Waals surface area contributed by atoms with E-state index in [4.69, 9.17) is 4.74 Å². The molecular formula is C16H19N3O. The Labute approximate surface area is 119 Å². The zero-order valence-electron chi connectivity index (χ0n) is 12.3. The first-order valence-corrected chi connectivity index (χ1v) is 6.66. The van der Waals surface area contributed by atoms with Gasteiger partial charge in [0.1, 0.15) is 17.5 Å². The summed E-state index contributed by atoms with van der Waals surface area (Å²) in [5, 5.41) is 9.22. The number of imidazole rings is 1. The number of nitrogens with zero attached hydrogens (tertiary/aromatic N) is 2. The van der Waals surface area contributed by atoms with Crippen molar-refractivity contribution in [1.29, 1.82) is 5.26 Å². The van der Waals surface area contributed by atoms with Crippen LogP contribution in [0, 0.1) is 24.2 Å². The van der Waals surface area contributed by atoms with Crippen LogP contribution in [0.1, 0.15) is 31.2 Å². The van der Waals surface area contributed by atoms with Crippen molar-refractivity contribution >= 4 is 0 Å². The number of hydrogen-bond acceptors (Lipinski definition) is 3. The molecule has 1 heterocycles. The molecule has 2 aromatic rings. The fraction of sp³-hybridized carbons (Fsp3) is 0.375. The van der Waals surface area contributed by atoms with Gasteiger partial charge < -0.3 is 9.72 Å². The third kappa shape index (κ3) is 2.67. The molecule has 1 atom stereocenters. The minimum absolute atomic E-state index is 0.205. The van der Waals surface area contributed by atoms with Gasteiger partial charge in [-0.15, -0.1) is 0 Å². The molecule has 1 aromatic carbocycles. The fourth-order valence-corrected chi connectivity index (χ4v) is 2.21. The Morgan fingerprint density at radius 1 is 1.35 bits per heavy atom. The van der Waals surface area contributed by atoms with Gasteiger partial charge in [-0.2, -0.15) is 5.26 Å². The highest BCUT2D eigenvalue weighted by Gasteiger charge is 2.18. The Morgan fingerprint density at radius 3 is 2.65 bits per heavy atom. The molecule has 0 aliphatic heterocycles. The van der Waals surface area contributed by atoms with E-state index in [0.29, 0.717) is 0 Å². The Bertz CT molecular complexity index is 637. The van der Waals surface area contributed by atoms with Gasteiger partial charge in [-0.3, -0.25) is 0 Å². The third-order valence-corrected chi connectivity index (χ3v) is 3.40. The van der Waals surface area contributed by atoms with Crippen molar-refractivity contribution < 1.29 is 4.74 Å². The van der Waals surface area contributed by atoms with Crippen molar-refractivity contribution in [2.24, 2.45) is 5.92 Å². The quantitative estimate of drug-likeness (QED) is 0.921. The Hall–Kier alpha value is -2.28. The summed E-state index contributed by atoms with van der Waals surface area (Å²) in [6, 6.07) is 8.27. The van der Waals surface area contributed by atoms with Crippen LogP contribution in [0.2, 0.25) is 0 Å². The lowest BCUT2D eigenvalue weighted by molar-refractivity contribution is 0.412. The fourth-order valence-electron chi connectivity index (χ4n) is 2.21. The van der Waals surface area contributed by atoms with E-state index in [1.807, 2.05) is 39.0 Å². The number of hydrogen-bond donors (Lipinski definition) is 1. The summed E-state index contributed by atoms with van der Waals surface area (Å²) in [5.41, 5.74) is 3.04. The maximum atomic E-state index is 9.22. The minimum atomic E-state index is -0.205. The molecule has 0 fully saturated rings. The average Bonchev–Trinajstić information content (AvgIpc) is 2.88. The number of benzene rings is 1. The van der Waals surface area contributed by atoms with Crippen LogP contribution in [0.3, 0.4) is 0 Å². The maximum Gasteiger partial charge on any atom is 0.124 e. The number of methoxy groups -OCH3 is 1. The van der Waals surface area contributed by atoms with Gasteiger partial charge in [0.25, 0.3) is 0 Å². The highest BCUT2D eigenvalue weighted by molar-refractivity contribution is 5.61. The molecule has 0 spiro atoms. The van der Waals surface area contributed by atoms with Crippen LogP contribution in [0.25, 0.3) is 11.3 Å². The highest BCUT2D eigenvalue weighted by Crippen LogP contribution is 2.27. The molecular weight excluding hydrogens is 250 g/mol. The van der Waals surface area contributed by atoms with Crippen molar-refractivity contribution in [3.05, 3.63) is 35.8 Å². The van der Waals surface area contributed by atoms with Gasteiger partial charge in [0.15, 0.2) is 0 Å². The standard InChI is InChI=1S/C16H19N3O/c1-10(2)13(8-17)16-18-9-14(19-16)12-5-6-15(20-4)11(3)7-12/h5-7,9-10,13H,1-4H3,(H,18,19). The van der Waals surface area contributed by atoms with Crippen molar-refractivity contribution in [3.8, 4) is 23.1 Å². The Morgan fingerprint density at radius 2 is 2.10 bits per heavy atom. The van der Waals surface area contributed by atoms with Gasteiger partial charge >= 0.3 is 0 Å². The molecule has 1 unspecified atom stereocenters. The normalized spacial score (nSPS) is 12.2. The van der Waals surface area contributed by atoms with Gasteiger partial charge in [0.05, 0.1) is 25.1 Å². The molecule has 1 aromatic heterocycles. The second-order valence-corrected chi connectivity index (χ2v) is 5.22. The van der Waals surface area contributed by atoms with E-state index in [-0.39, 0.29) is 11.8 Å². The van der Waals surface area contributed by atoms with Crippen LogP contribution < -0.4 is 4.74 Å². The number of aryl methyl sites for hydroxylation is 1. The summed E-state index contributed by atoms with van der Waals surface area (Å²) in [4.78, 5) is 7.60. The first-order chi connectivity index (χ1) is 9.56.